The molecule has 4 nitrogen and oxygen atoms in total. The van der Waals surface area contributed by atoms with E-state index in [1.54, 1.807) is 0 Å². The molecule has 0 fully saturated rings. The summed E-state index contributed by atoms with van der Waals surface area (Å²) in [5.74, 6) is 0.199. The first-order chi connectivity index (χ1) is 10.3. The first-order valence-corrected chi connectivity index (χ1v) is 9.80. The summed E-state index contributed by atoms with van der Waals surface area (Å²) in [6.07, 6.45) is 8.07. The van der Waals surface area contributed by atoms with Crippen LogP contribution in [0, 0.1) is 0 Å². The van der Waals surface area contributed by atoms with Gasteiger partial charge in [-0.1, -0.05) is 68.8 Å². The number of unbranched alkanes of at least 4 members (excludes halogenated alkanes) is 4. The van der Waals surface area contributed by atoms with Gasteiger partial charge in [0.1, 0.15) is 0 Å². The van der Waals surface area contributed by atoms with Gasteiger partial charge >= 0.3 is 0 Å². The molecule has 0 saturated carbocycles. The van der Waals surface area contributed by atoms with Gasteiger partial charge in [-0.2, -0.15) is 8.42 Å². The smallest absolute Gasteiger partial charge is 0.261 e. The zero-order chi connectivity index (χ0) is 17.0. The lowest BCUT2D eigenvalue weighted by atomic mass is 9.93. The Morgan fingerprint density at radius 1 is 1.14 bits per heavy atom. The molecule has 22 heavy (non-hydrogen) atoms. The van der Waals surface area contributed by atoms with Gasteiger partial charge in [0.15, 0.2) is 0 Å². The van der Waals surface area contributed by atoms with Crippen molar-refractivity contribution in [3.63, 3.8) is 0 Å². The predicted octanol–water partition coefficient (Wildman–Crippen LogP) is 4.28. The molecular weight excluding hydrogens is 324 g/mol. The lowest BCUT2D eigenvalue weighted by Gasteiger charge is -2.15. The van der Waals surface area contributed by atoms with Crippen LogP contribution in [0.3, 0.4) is 0 Å². The van der Waals surface area contributed by atoms with Crippen molar-refractivity contribution in [2.24, 2.45) is 0 Å². The predicted molar refractivity (Wildman–Crippen MR) is 92.1 cm³/mol. The summed E-state index contributed by atoms with van der Waals surface area (Å²) in [6.45, 7) is 2.41. The Morgan fingerprint density at radius 2 is 1.68 bits per heavy atom. The Kier molecular flexibility index (Phi) is 11.5. The van der Waals surface area contributed by atoms with E-state index in [4.69, 9.17) is 16.2 Å². The molecule has 0 aliphatic heterocycles. The molecule has 0 aromatic heterocycles. The average Bonchev–Trinajstić information content (AvgIpc) is 2.42. The Morgan fingerprint density at radius 3 is 2.18 bits per heavy atom. The Labute approximate surface area is 139 Å². The largest absolute Gasteiger partial charge is 0.396 e. The molecule has 0 radical (unpaired) electrons. The van der Waals surface area contributed by atoms with Crippen LogP contribution >= 0.6 is 11.6 Å². The lowest BCUT2D eigenvalue weighted by molar-refractivity contribution is 0.256. The number of hydrogen-bond donors (Lipinski definition) is 2. The van der Waals surface area contributed by atoms with Crippen LogP contribution in [-0.2, 0) is 10.1 Å². The summed E-state index contributed by atoms with van der Waals surface area (Å²) in [4.78, 5) is 0. The summed E-state index contributed by atoms with van der Waals surface area (Å²) < 4.78 is 25.9. The highest BCUT2D eigenvalue weighted by Crippen LogP contribution is 2.28. The topological polar surface area (TPSA) is 74.6 Å². The molecule has 2 N–H and O–H groups in total. The summed E-state index contributed by atoms with van der Waals surface area (Å²) >= 11 is 6.15. The van der Waals surface area contributed by atoms with E-state index in [0.29, 0.717) is 6.26 Å². The molecule has 6 heteroatoms. The standard InChI is InChI=1S/C15H23ClO.CH4O3S/c1-2-3-4-5-6-9-13(12-17)14-10-7-8-11-15(14)16;1-5(2,3)4/h7-8,10-11,13,17H,2-6,9,12H2,1H3;1H3,(H,2,3,4). The minimum absolute atomic E-state index is 0.192. The SMILES string of the molecule is CCCCCCCC(CO)c1ccccc1Cl.CS(=O)(=O)O. The fraction of sp³-hybridized carbons (Fsp3) is 0.625. The van der Waals surface area contributed by atoms with Crippen LogP contribution in [0.1, 0.15) is 56.9 Å². The van der Waals surface area contributed by atoms with E-state index >= 15 is 0 Å². The molecule has 0 heterocycles. The molecule has 0 aliphatic rings. The van der Waals surface area contributed by atoms with Crippen molar-refractivity contribution in [2.75, 3.05) is 12.9 Å². The second-order valence-corrected chi connectivity index (χ2v) is 7.21. The van der Waals surface area contributed by atoms with E-state index in [1.165, 1.54) is 32.1 Å². The molecule has 1 atom stereocenters. The Hall–Kier alpha value is -0.620. The zero-order valence-electron chi connectivity index (χ0n) is 13.3. The molecule has 0 aliphatic carbocycles. The molecule has 1 rings (SSSR count). The van der Waals surface area contributed by atoms with Crippen molar-refractivity contribution >= 4 is 21.7 Å². The summed E-state index contributed by atoms with van der Waals surface area (Å²) in [5, 5.41) is 10.2. The van der Waals surface area contributed by atoms with E-state index in [-0.39, 0.29) is 12.5 Å². The molecule has 1 aromatic rings. The van der Waals surface area contributed by atoms with Crippen LogP contribution in [-0.4, -0.2) is 30.9 Å². The van der Waals surface area contributed by atoms with Crippen LogP contribution < -0.4 is 0 Å². The highest BCUT2D eigenvalue weighted by atomic mass is 35.5. The third-order valence-electron chi connectivity index (χ3n) is 3.22. The number of aliphatic hydroxyl groups excluding tert-OH is 1. The van der Waals surface area contributed by atoms with Crippen LogP contribution in [0.2, 0.25) is 5.02 Å². The van der Waals surface area contributed by atoms with Gasteiger partial charge in [0.25, 0.3) is 10.1 Å². The maximum absolute atomic E-state index is 9.45. The normalized spacial score (nSPS) is 12.4. The monoisotopic (exact) mass is 350 g/mol. The molecule has 0 spiro atoms. The summed E-state index contributed by atoms with van der Waals surface area (Å²) in [7, 11) is -3.67. The number of hydrogen-bond acceptors (Lipinski definition) is 3. The maximum Gasteiger partial charge on any atom is 0.261 e. The van der Waals surface area contributed by atoms with E-state index in [9.17, 15) is 13.5 Å². The van der Waals surface area contributed by atoms with E-state index in [2.05, 4.69) is 6.92 Å². The van der Waals surface area contributed by atoms with Gasteiger partial charge in [0, 0.05) is 17.5 Å². The summed E-state index contributed by atoms with van der Waals surface area (Å²) in [6, 6.07) is 7.84. The fourth-order valence-corrected chi connectivity index (χ4v) is 2.44. The first-order valence-electron chi connectivity index (χ1n) is 7.57. The first kappa shape index (κ1) is 21.4. The molecule has 1 aromatic carbocycles. The number of benzene rings is 1. The zero-order valence-corrected chi connectivity index (χ0v) is 14.9. The van der Waals surface area contributed by atoms with Crippen molar-refractivity contribution in [3.8, 4) is 0 Å². The molecule has 128 valence electrons. The van der Waals surface area contributed by atoms with Crippen molar-refractivity contribution in [1.29, 1.82) is 0 Å². The molecule has 0 saturated heterocycles. The van der Waals surface area contributed by atoms with E-state index in [0.717, 1.165) is 17.0 Å². The minimum Gasteiger partial charge on any atom is -0.396 e. The van der Waals surface area contributed by atoms with Crippen LogP contribution in [0.15, 0.2) is 24.3 Å². The quantitative estimate of drug-likeness (QED) is 0.542. The highest BCUT2D eigenvalue weighted by Gasteiger charge is 2.12. The van der Waals surface area contributed by atoms with Crippen molar-refractivity contribution < 1.29 is 18.1 Å². The van der Waals surface area contributed by atoms with Crippen LogP contribution in [0.4, 0.5) is 0 Å². The summed E-state index contributed by atoms with van der Waals surface area (Å²) in [5.41, 5.74) is 1.09. The van der Waals surface area contributed by atoms with Crippen molar-refractivity contribution in [2.45, 2.75) is 51.4 Å². The second-order valence-electron chi connectivity index (χ2n) is 5.34. The minimum atomic E-state index is -3.67. The number of aliphatic hydroxyl groups is 1. The van der Waals surface area contributed by atoms with Gasteiger partial charge in [-0.3, -0.25) is 4.55 Å². The van der Waals surface area contributed by atoms with Gasteiger partial charge < -0.3 is 5.11 Å². The number of halogens is 1. The van der Waals surface area contributed by atoms with Crippen molar-refractivity contribution in [1.82, 2.24) is 0 Å². The van der Waals surface area contributed by atoms with Gasteiger partial charge in [0.05, 0.1) is 6.26 Å². The average molecular weight is 351 g/mol. The maximum atomic E-state index is 9.45. The molecular formula is C16H27ClO4S. The third kappa shape index (κ3) is 12.0. The van der Waals surface area contributed by atoms with Crippen molar-refractivity contribution in [3.05, 3.63) is 34.9 Å². The Bertz CT molecular complexity index is 495. The highest BCUT2D eigenvalue weighted by molar-refractivity contribution is 7.85. The lowest BCUT2D eigenvalue weighted by Crippen LogP contribution is -2.04. The van der Waals surface area contributed by atoms with Crippen LogP contribution in [0.5, 0.6) is 0 Å². The number of rotatable bonds is 8. The molecule has 0 bridgehead atoms. The van der Waals surface area contributed by atoms with E-state index in [1.807, 2.05) is 24.3 Å². The fourth-order valence-electron chi connectivity index (χ4n) is 2.15. The Balaban J connectivity index is 0.000000763. The van der Waals surface area contributed by atoms with Gasteiger partial charge in [-0.25, -0.2) is 0 Å². The third-order valence-corrected chi connectivity index (χ3v) is 3.57. The van der Waals surface area contributed by atoms with Crippen LogP contribution in [0.25, 0.3) is 0 Å². The van der Waals surface area contributed by atoms with Gasteiger partial charge in [-0.15, -0.1) is 0 Å². The molecule has 1 unspecified atom stereocenters. The van der Waals surface area contributed by atoms with Gasteiger partial charge in [-0.05, 0) is 18.1 Å². The van der Waals surface area contributed by atoms with E-state index < -0.39 is 10.1 Å². The second kappa shape index (κ2) is 11.9. The molecule has 0 amide bonds. The van der Waals surface area contributed by atoms with Gasteiger partial charge in [0.2, 0.25) is 0 Å².